The zero-order chi connectivity index (χ0) is 5.56. The molecule has 1 heteroatoms. The number of hydrogen-bond donors (Lipinski definition) is 1. The van der Waals surface area contributed by atoms with Crippen LogP contribution in [0.4, 0.5) is 0 Å². The average molecular weight is 112 g/mol. The van der Waals surface area contributed by atoms with Crippen molar-refractivity contribution in [3.63, 3.8) is 0 Å². The van der Waals surface area contributed by atoms with Crippen LogP contribution in [0.15, 0.2) is 0 Å². The molecule has 1 N–H and O–H groups in total. The zero-order valence-corrected chi connectivity index (χ0v) is 5.01. The Hall–Kier alpha value is -0.0400. The monoisotopic (exact) mass is 112 g/mol. The third-order valence-corrected chi connectivity index (χ3v) is 2.81. The highest BCUT2D eigenvalue weighted by atomic mass is 16.3. The van der Waals surface area contributed by atoms with Crippen LogP contribution < -0.4 is 0 Å². The maximum absolute atomic E-state index is 8.76. The number of hydrogen-bond acceptors (Lipinski definition) is 1. The van der Waals surface area contributed by atoms with Crippen LogP contribution >= 0.6 is 0 Å². The van der Waals surface area contributed by atoms with Crippen LogP contribution in [0.25, 0.3) is 0 Å². The minimum absolute atomic E-state index is 0.446. The first-order valence-electron chi connectivity index (χ1n) is 3.51. The van der Waals surface area contributed by atoms with Gasteiger partial charge in [-0.2, -0.15) is 0 Å². The summed E-state index contributed by atoms with van der Waals surface area (Å²) in [5.74, 6) is 2.63. The smallest absolute Gasteiger partial charge is 0.0462 e. The van der Waals surface area contributed by atoms with Crippen molar-refractivity contribution < 1.29 is 5.11 Å². The summed E-state index contributed by atoms with van der Waals surface area (Å²) in [7, 11) is 0. The van der Waals surface area contributed by atoms with Crippen molar-refractivity contribution >= 4 is 0 Å². The van der Waals surface area contributed by atoms with E-state index in [2.05, 4.69) is 0 Å². The quantitative estimate of drug-likeness (QED) is 0.537. The molecule has 3 rings (SSSR count). The van der Waals surface area contributed by atoms with Crippen LogP contribution in [0.5, 0.6) is 0 Å². The first-order chi connectivity index (χ1) is 3.90. The predicted molar refractivity (Wildman–Crippen MR) is 31.4 cm³/mol. The van der Waals surface area contributed by atoms with E-state index < -0.39 is 0 Å². The van der Waals surface area contributed by atoms with Crippen LogP contribution in [0.1, 0.15) is 19.3 Å². The molecule has 46 valence electrons. The van der Waals surface area contributed by atoms with Gasteiger partial charge >= 0.3 is 0 Å². The molecule has 3 saturated carbocycles. The molecule has 8 heavy (non-hydrogen) atoms. The molecule has 1 nitrogen and oxygen atoms in total. The number of fused-ring (bicyclic) bond motifs is 1. The van der Waals surface area contributed by atoms with Gasteiger partial charge in [0, 0.05) is 6.61 Å². The molecule has 0 radical (unpaired) electrons. The molecular weight excluding hydrogens is 100 g/mol. The molecule has 0 amide bonds. The highest BCUT2D eigenvalue weighted by Gasteiger charge is 2.43. The lowest BCUT2D eigenvalue weighted by Gasteiger charge is -2.23. The predicted octanol–water partition coefficient (Wildman–Crippen LogP) is 1.02. The van der Waals surface area contributed by atoms with E-state index in [1.807, 2.05) is 0 Å². The number of aliphatic hydroxyl groups excluding tert-OH is 1. The second kappa shape index (κ2) is 1.47. The minimum Gasteiger partial charge on any atom is -0.396 e. The molecule has 1 unspecified atom stereocenters. The van der Waals surface area contributed by atoms with Gasteiger partial charge in [0.05, 0.1) is 0 Å². The first-order valence-corrected chi connectivity index (χ1v) is 3.51. The molecule has 0 heterocycles. The Morgan fingerprint density at radius 2 is 2.00 bits per heavy atom. The van der Waals surface area contributed by atoms with Crippen LogP contribution in [0.3, 0.4) is 0 Å². The van der Waals surface area contributed by atoms with E-state index in [0.29, 0.717) is 12.5 Å². The molecule has 3 fully saturated rings. The van der Waals surface area contributed by atoms with Crippen molar-refractivity contribution in [3.05, 3.63) is 0 Å². The van der Waals surface area contributed by atoms with E-state index in [0.717, 1.165) is 11.8 Å². The van der Waals surface area contributed by atoms with E-state index in [1.54, 1.807) is 0 Å². The molecule has 0 spiro atoms. The van der Waals surface area contributed by atoms with E-state index in [1.165, 1.54) is 19.3 Å². The summed E-state index contributed by atoms with van der Waals surface area (Å²) in [4.78, 5) is 0. The lowest BCUT2D eigenvalue weighted by molar-refractivity contribution is 0.187. The molecule has 3 aliphatic rings. The highest BCUT2D eigenvalue weighted by molar-refractivity contribution is 4.93. The normalized spacial score (nSPS) is 51.4. The molecule has 0 aromatic carbocycles. The molecule has 0 aromatic rings. The van der Waals surface area contributed by atoms with Gasteiger partial charge < -0.3 is 5.11 Å². The molecule has 3 aliphatic carbocycles. The number of aliphatic hydroxyl groups is 1. The van der Waals surface area contributed by atoms with Gasteiger partial charge in [-0.1, -0.05) is 0 Å². The van der Waals surface area contributed by atoms with Crippen molar-refractivity contribution in [2.75, 3.05) is 6.61 Å². The maximum atomic E-state index is 8.76. The van der Waals surface area contributed by atoms with Gasteiger partial charge in [-0.25, -0.2) is 0 Å². The van der Waals surface area contributed by atoms with Crippen molar-refractivity contribution in [2.24, 2.45) is 17.8 Å². The fraction of sp³-hybridized carbons (Fsp3) is 1.00. The molecule has 0 saturated heterocycles. The minimum atomic E-state index is 0.446. The Morgan fingerprint density at radius 1 is 1.25 bits per heavy atom. The van der Waals surface area contributed by atoms with Crippen molar-refractivity contribution in [1.29, 1.82) is 0 Å². The molecule has 0 aliphatic heterocycles. The third kappa shape index (κ3) is 0.455. The highest BCUT2D eigenvalue weighted by Crippen LogP contribution is 2.51. The largest absolute Gasteiger partial charge is 0.396 e. The SMILES string of the molecule is OCC1CC2CC1C2. The Morgan fingerprint density at radius 3 is 2.25 bits per heavy atom. The van der Waals surface area contributed by atoms with Crippen LogP contribution in [-0.4, -0.2) is 11.7 Å². The Kier molecular flexibility index (Phi) is 0.884. The Bertz CT molecular complexity index is 94.6. The maximum Gasteiger partial charge on any atom is 0.0462 e. The van der Waals surface area contributed by atoms with E-state index >= 15 is 0 Å². The average Bonchev–Trinajstić information content (AvgIpc) is 2.15. The molecule has 2 bridgehead atoms. The fourth-order valence-corrected chi connectivity index (χ4v) is 2.21. The van der Waals surface area contributed by atoms with E-state index in [4.69, 9.17) is 5.11 Å². The van der Waals surface area contributed by atoms with Gasteiger partial charge in [0.1, 0.15) is 0 Å². The van der Waals surface area contributed by atoms with Crippen molar-refractivity contribution in [3.8, 4) is 0 Å². The first kappa shape index (κ1) is 4.80. The summed E-state index contributed by atoms with van der Waals surface area (Å²) in [5.41, 5.74) is 0. The third-order valence-electron chi connectivity index (χ3n) is 2.81. The van der Waals surface area contributed by atoms with Gasteiger partial charge in [-0.15, -0.1) is 0 Å². The Balaban J connectivity index is 2.00. The summed E-state index contributed by atoms with van der Waals surface area (Å²) >= 11 is 0. The lowest BCUT2D eigenvalue weighted by atomic mass is 9.83. The topological polar surface area (TPSA) is 20.2 Å². The van der Waals surface area contributed by atoms with E-state index in [9.17, 15) is 0 Å². The van der Waals surface area contributed by atoms with Crippen LogP contribution in [-0.2, 0) is 0 Å². The standard InChI is InChI=1S/C7H12O/c8-4-7-3-5-1-6(7)2-5/h5-8H,1-4H2. The van der Waals surface area contributed by atoms with Crippen molar-refractivity contribution in [2.45, 2.75) is 19.3 Å². The van der Waals surface area contributed by atoms with Gasteiger partial charge in [0.15, 0.2) is 0 Å². The van der Waals surface area contributed by atoms with E-state index in [-0.39, 0.29) is 0 Å². The Labute approximate surface area is 49.7 Å². The van der Waals surface area contributed by atoms with Crippen molar-refractivity contribution in [1.82, 2.24) is 0 Å². The van der Waals surface area contributed by atoms with Crippen LogP contribution in [0.2, 0.25) is 0 Å². The van der Waals surface area contributed by atoms with Gasteiger partial charge in [-0.3, -0.25) is 0 Å². The zero-order valence-electron chi connectivity index (χ0n) is 5.01. The summed E-state index contributed by atoms with van der Waals surface area (Å²) in [5, 5.41) is 8.76. The number of rotatable bonds is 1. The lowest BCUT2D eigenvalue weighted by Crippen LogP contribution is -2.15. The summed E-state index contributed by atoms with van der Waals surface area (Å²) in [6.45, 7) is 0.446. The molecular formula is C7H12O. The van der Waals surface area contributed by atoms with Gasteiger partial charge in [0.25, 0.3) is 0 Å². The fourth-order valence-electron chi connectivity index (χ4n) is 2.21. The van der Waals surface area contributed by atoms with Gasteiger partial charge in [0.2, 0.25) is 0 Å². The molecule has 0 aromatic heterocycles. The summed E-state index contributed by atoms with van der Waals surface area (Å²) < 4.78 is 0. The summed E-state index contributed by atoms with van der Waals surface area (Å²) in [6, 6.07) is 0. The van der Waals surface area contributed by atoms with Crippen LogP contribution in [0, 0.1) is 17.8 Å². The molecule has 1 atom stereocenters. The second-order valence-electron chi connectivity index (χ2n) is 3.28. The summed E-state index contributed by atoms with van der Waals surface area (Å²) in [6.07, 6.45) is 4.16. The second-order valence-corrected chi connectivity index (χ2v) is 3.28. The van der Waals surface area contributed by atoms with Gasteiger partial charge in [-0.05, 0) is 37.0 Å².